The molecular weight excluding hydrogens is 178 g/mol. The zero-order valence-electron chi connectivity index (χ0n) is 7.40. The predicted octanol–water partition coefficient (Wildman–Crippen LogP) is 1.31. The van der Waals surface area contributed by atoms with Gasteiger partial charge in [-0.05, 0) is 12.1 Å². The van der Waals surface area contributed by atoms with Gasteiger partial charge in [-0.15, -0.1) is 0 Å². The zero-order chi connectivity index (χ0) is 9.80. The molecule has 0 saturated heterocycles. The maximum atomic E-state index is 10.0. The van der Waals surface area contributed by atoms with Gasteiger partial charge < -0.3 is 0 Å². The molecule has 1 amide bonds. The Balaban J connectivity index is 2.36. The lowest BCUT2D eigenvalue weighted by Crippen LogP contribution is -2.18. The Morgan fingerprint density at radius 3 is 3.00 bits per heavy atom. The normalized spacial score (nSPS) is 9.71. The number of carbonyl (C=O) groups is 1. The van der Waals surface area contributed by atoms with Crippen LogP contribution in [0.3, 0.4) is 0 Å². The molecule has 0 spiro atoms. The molecule has 0 unspecified atom stereocenters. The molecule has 0 radical (unpaired) electrons. The van der Waals surface area contributed by atoms with Crippen LogP contribution in [0.4, 0.5) is 5.69 Å². The number of pyridine rings is 1. The summed E-state index contributed by atoms with van der Waals surface area (Å²) in [5.74, 6) is 0. The quantitative estimate of drug-likeness (QED) is 0.562. The summed E-state index contributed by atoms with van der Waals surface area (Å²) in [6, 6.07) is 9.70. The van der Waals surface area contributed by atoms with Gasteiger partial charge in [-0.1, -0.05) is 18.2 Å². The minimum absolute atomic E-state index is 0.579. The van der Waals surface area contributed by atoms with Crippen molar-refractivity contribution in [3.8, 4) is 0 Å². The van der Waals surface area contributed by atoms with E-state index in [9.17, 15) is 4.79 Å². The number of aromatic nitrogens is 1. The lowest BCUT2D eigenvalue weighted by atomic mass is 10.2. The first-order valence-electron chi connectivity index (χ1n) is 4.20. The van der Waals surface area contributed by atoms with Crippen LogP contribution in [0.15, 0.2) is 36.5 Å². The molecule has 14 heavy (non-hydrogen) atoms. The summed E-state index contributed by atoms with van der Waals surface area (Å²) in [6.07, 6.45) is 2.24. The fourth-order valence-corrected chi connectivity index (χ4v) is 1.25. The molecule has 4 heteroatoms. The highest BCUT2D eigenvalue weighted by atomic mass is 16.1. The van der Waals surface area contributed by atoms with Gasteiger partial charge in [0.2, 0.25) is 6.41 Å². The maximum Gasteiger partial charge on any atom is 0.225 e. The summed E-state index contributed by atoms with van der Waals surface area (Å²) in [4.78, 5) is 14.3. The van der Waals surface area contributed by atoms with Gasteiger partial charge in [0, 0.05) is 5.39 Å². The van der Waals surface area contributed by atoms with Gasteiger partial charge in [0.25, 0.3) is 0 Å². The van der Waals surface area contributed by atoms with E-state index >= 15 is 0 Å². The van der Waals surface area contributed by atoms with Gasteiger partial charge in [-0.3, -0.25) is 20.6 Å². The smallest absolute Gasteiger partial charge is 0.225 e. The highest BCUT2D eigenvalue weighted by Gasteiger charge is 1.95. The van der Waals surface area contributed by atoms with Gasteiger partial charge in [0.1, 0.15) is 0 Å². The fourth-order valence-electron chi connectivity index (χ4n) is 1.25. The predicted molar refractivity (Wildman–Crippen MR) is 54.6 cm³/mol. The van der Waals surface area contributed by atoms with Gasteiger partial charge in [0.05, 0.1) is 17.4 Å². The van der Waals surface area contributed by atoms with Crippen LogP contribution in [0, 0.1) is 0 Å². The van der Waals surface area contributed by atoms with Gasteiger partial charge >= 0.3 is 0 Å². The van der Waals surface area contributed by atoms with Crippen LogP contribution in [-0.2, 0) is 4.79 Å². The second-order valence-electron chi connectivity index (χ2n) is 2.80. The molecule has 70 valence electrons. The number of hydrazine groups is 1. The monoisotopic (exact) mass is 187 g/mol. The third-order valence-corrected chi connectivity index (χ3v) is 1.87. The Labute approximate surface area is 80.9 Å². The van der Waals surface area contributed by atoms with Crippen molar-refractivity contribution in [2.75, 3.05) is 5.43 Å². The molecule has 0 atom stereocenters. The largest absolute Gasteiger partial charge is 0.297 e. The Morgan fingerprint density at radius 2 is 2.14 bits per heavy atom. The van der Waals surface area contributed by atoms with Crippen molar-refractivity contribution >= 4 is 23.0 Å². The first-order valence-corrected chi connectivity index (χ1v) is 4.20. The van der Waals surface area contributed by atoms with Gasteiger partial charge in [-0.2, -0.15) is 0 Å². The van der Waals surface area contributed by atoms with Crippen LogP contribution in [-0.4, -0.2) is 11.4 Å². The Bertz CT molecular complexity index is 456. The molecule has 2 aromatic rings. The molecule has 0 fully saturated rings. The lowest BCUT2D eigenvalue weighted by molar-refractivity contribution is -0.109. The molecule has 0 aliphatic heterocycles. The lowest BCUT2D eigenvalue weighted by Gasteiger charge is -2.04. The van der Waals surface area contributed by atoms with E-state index in [1.54, 1.807) is 6.20 Å². The molecule has 1 aromatic heterocycles. The number of hydrogen-bond acceptors (Lipinski definition) is 3. The second-order valence-corrected chi connectivity index (χ2v) is 2.80. The van der Waals surface area contributed by atoms with Crippen LogP contribution >= 0.6 is 0 Å². The van der Waals surface area contributed by atoms with Crippen molar-refractivity contribution in [1.29, 1.82) is 0 Å². The van der Waals surface area contributed by atoms with Crippen LogP contribution in [0.2, 0.25) is 0 Å². The average molecular weight is 187 g/mol. The number of nitrogens with one attached hydrogen (secondary N) is 2. The summed E-state index contributed by atoms with van der Waals surface area (Å²) in [7, 11) is 0. The number of benzene rings is 1. The summed E-state index contributed by atoms with van der Waals surface area (Å²) in [6.45, 7) is 0. The number of anilines is 1. The third-order valence-electron chi connectivity index (χ3n) is 1.87. The Hall–Kier alpha value is -2.10. The van der Waals surface area contributed by atoms with E-state index in [0.717, 1.165) is 16.6 Å². The van der Waals surface area contributed by atoms with E-state index in [2.05, 4.69) is 15.8 Å². The standard InChI is InChI=1S/C10H9N3O/c14-7-12-13-9-5-8-3-1-2-4-10(8)11-6-9/h1-7,13H,(H,12,14). The van der Waals surface area contributed by atoms with E-state index in [1.807, 2.05) is 30.3 Å². The van der Waals surface area contributed by atoms with Crippen molar-refractivity contribution in [3.05, 3.63) is 36.5 Å². The van der Waals surface area contributed by atoms with Crippen LogP contribution in [0.25, 0.3) is 10.9 Å². The van der Waals surface area contributed by atoms with Gasteiger partial charge in [-0.25, -0.2) is 0 Å². The molecular formula is C10H9N3O. The summed E-state index contributed by atoms with van der Waals surface area (Å²) in [5, 5.41) is 1.03. The number of nitrogens with zero attached hydrogens (tertiary/aromatic N) is 1. The second kappa shape index (κ2) is 3.74. The van der Waals surface area contributed by atoms with Gasteiger partial charge in [0.15, 0.2) is 0 Å². The highest BCUT2D eigenvalue weighted by Crippen LogP contribution is 2.14. The topological polar surface area (TPSA) is 54.0 Å². The van der Waals surface area contributed by atoms with Crippen molar-refractivity contribution in [1.82, 2.24) is 10.4 Å². The van der Waals surface area contributed by atoms with Crippen molar-refractivity contribution in [2.24, 2.45) is 0 Å². The number of amides is 1. The van der Waals surface area contributed by atoms with Crippen molar-refractivity contribution in [3.63, 3.8) is 0 Å². The van der Waals surface area contributed by atoms with E-state index in [1.165, 1.54) is 0 Å². The minimum Gasteiger partial charge on any atom is -0.297 e. The van der Waals surface area contributed by atoms with Crippen molar-refractivity contribution in [2.45, 2.75) is 0 Å². The highest BCUT2D eigenvalue weighted by molar-refractivity contribution is 5.81. The molecule has 0 bridgehead atoms. The molecule has 4 nitrogen and oxygen atoms in total. The third kappa shape index (κ3) is 1.64. The van der Waals surface area contributed by atoms with E-state index in [0.29, 0.717) is 6.41 Å². The molecule has 1 aromatic carbocycles. The van der Waals surface area contributed by atoms with E-state index < -0.39 is 0 Å². The molecule has 1 heterocycles. The summed E-state index contributed by atoms with van der Waals surface area (Å²) < 4.78 is 0. The number of hydrogen-bond donors (Lipinski definition) is 2. The van der Waals surface area contributed by atoms with E-state index in [-0.39, 0.29) is 0 Å². The Morgan fingerprint density at radius 1 is 1.29 bits per heavy atom. The van der Waals surface area contributed by atoms with E-state index in [4.69, 9.17) is 0 Å². The Kier molecular flexibility index (Phi) is 2.27. The number of rotatable bonds is 3. The molecule has 2 N–H and O–H groups in total. The molecule has 2 rings (SSSR count). The average Bonchev–Trinajstić information content (AvgIpc) is 2.26. The first-order chi connectivity index (χ1) is 6.90. The SMILES string of the molecule is O=CNNc1cnc2ccccc2c1. The minimum atomic E-state index is 0.579. The molecule has 0 aliphatic rings. The molecule has 0 aliphatic carbocycles. The number of carbonyl (C=O) groups excluding carboxylic acids is 1. The number of fused-ring (bicyclic) bond motifs is 1. The fraction of sp³-hybridized carbons (Fsp3) is 0. The van der Waals surface area contributed by atoms with Crippen molar-refractivity contribution < 1.29 is 4.79 Å². The maximum absolute atomic E-state index is 10.0. The zero-order valence-corrected chi connectivity index (χ0v) is 7.40. The van der Waals surface area contributed by atoms with Crippen LogP contribution < -0.4 is 10.9 Å². The summed E-state index contributed by atoms with van der Waals surface area (Å²) >= 11 is 0. The van der Waals surface area contributed by atoms with Crippen LogP contribution in [0.1, 0.15) is 0 Å². The number of para-hydroxylation sites is 1. The molecule has 0 saturated carbocycles. The summed E-state index contributed by atoms with van der Waals surface area (Å²) in [5.41, 5.74) is 6.76. The van der Waals surface area contributed by atoms with Crippen LogP contribution in [0.5, 0.6) is 0 Å². The first kappa shape index (κ1) is 8.50.